The Morgan fingerprint density at radius 3 is 2.07 bits per heavy atom. The van der Waals surface area contributed by atoms with Crippen molar-refractivity contribution in [3.63, 3.8) is 0 Å². The van der Waals surface area contributed by atoms with Gasteiger partial charge in [-0.3, -0.25) is 19.2 Å². The summed E-state index contributed by atoms with van der Waals surface area (Å²) in [4.78, 5) is 69.5. The first-order valence-electron chi connectivity index (χ1n) is 25.4. The van der Waals surface area contributed by atoms with Crippen LogP contribution in [0.1, 0.15) is 138 Å². The number of hydrogen-bond acceptors (Lipinski definition) is 9. The molecule has 5 aromatic carbocycles. The van der Waals surface area contributed by atoms with Crippen molar-refractivity contribution < 1.29 is 33.4 Å². The molecule has 0 bridgehead atoms. The Bertz CT molecular complexity index is 2940. The zero-order valence-electron chi connectivity index (χ0n) is 40.8. The number of fused-ring (bicyclic) bond motifs is 7. The van der Waals surface area contributed by atoms with Gasteiger partial charge < -0.3 is 41.0 Å². The quantitative estimate of drug-likeness (QED) is 0.0265. The molecule has 1 fully saturated rings. The Kier molecular flexibility index (Phi) is 14.6. The number of esters is 1. The van der Waals surface area contributed by atoms with Crippen LogP contribution >= 0.6 is 0 Å². The fraction of sp³-hybridized carbons (Fsp3) is 0.362. The second-order valence-electron chi connectivity index (χ2n) is 19.3. The first-order chi connectivity index (χ1) is 34.5. The molecule has 6 N–H and O–H groups in total. The zero-order chi connectivity index (χ0) is 49.6. The lowest BCUT2D eigenvalue weighted by Crippen LogP contribution is -2.35. The Morgan fingerprint density at radius 1 is 0.718 bits per heavy atom. The third kappa shape index (κ3) is 10.1. The second-order valence-corrected chi connectivity index (χ2v) is 19.3. The van der Waals surface area contributed by atoms with Crippen LogP contribution in [-0.4, -0.2) is 53.7 Å². The monoisotopic (exact) mass is 956 g/mol. The first-order valence-corrected chi connectivity index (χ1v) is 25.4. The fourth-order valence-corrected chi connectivity index (χ4v) is 10.8. The third-order valence-corrected chi connectivity index (χ3v) is 14.6. The number of hydrogen-bond donors (Lipinski definition) is 4. The number of aryl methyl sites for hydroxylation is 1. The van der Waals surface area contributed by atoms with E-state index in [0.29, 0.717) is 82.4 Å². The molecule has 6 aromatic rings. The topological polar surface area (TPSA) is 188 Å². The van der Waals surface area contributed by atoms with Gasteiger partial charge in [0.05, 0.1) is 11.3 Å². The Hall–Kier alpha value is -7.41. The number of nitrogen functional groups attached to an aromatic ring is 2. The van der Waals surface area contributed by atoms with Crippen molar-refractivity contribution in [1.29, 1.82) is 0 Å². The largest absolute Gasteiger partial charge is 0.456 e. The van der Waals surface area contributed by atoms with Gasteiger partial charge in [0.2, 0.25) is 11.8 Å². The number of ether oxygens (including phenoxy) is 2. The molecule has 13 heteroatoms. The number of aromatic nitrogens is 1. The van der Waals surface area contributed by atoms with Gasteiger partial charge in [0.25, 0.3) is 5.91 Å². The highest BCUT2D eigenvalue weighted by Crippen LogP contribution is 2.56. The Balaban J connectivity index is 0.675. The number of ketones is 1. The maximum atomic E-state index is 14.0. The summed E-state index contributed by atoms with van der Waals surface area (Å²) in [6.07, 6.45) is 10.2. The van der Waals surface area contributed by atoms with E-state index in [1.165, 1.54) is 5.56 Å². The molecular weight excluding hydrogens is 893 g/mol. The summed E-state index contributed by atoms with van der Waals surface area (Å²) in [6, 6.07) is 33.4. The number of benzene rings is 5. The molecular formula is C58H64N6O7. The average molecular weight is 957 g/mol. The molecule has 0 saturated heterocycles. The van der Waals surface area contributed by atoms with Crippen molar-refractivity contribution in [2.24, 2.45) is 11.8 Å². The lowest BCUT2D eigenvalue weighted by molar-refractivity contribution is -0.126. The maximum absolute atomic E-state index is 14.0. The van der Waals surface area contributed by atoms with Crippen LogP contribution in [0.3, 0.4) is 0 Å². The highest BCUT2D eigenvalue weighted by molar-refractivity contribution is 6.03. The van der Waals surface area contributed by atoms with Gasteiger partial charge in [0.15, 0.2) is 11.4 Å². The average Bonchev–Trinajstić information content (AvgIpc) is 3.88. The summed E-state index contributed by atoms with van der Waals surface area (Å²) in [5.41, 5.74) is 18.0. The molecule has 2 aliphatic heterocycles. The van der Waals surface area contributed by atoms with Gasteiger partial charge in [0.1, 0.15) is 18.0 Å². The number of unbranched alkanes of at least 4 members (excludes halogenated alkanes) is 5. The van der Waals surface area contributed by atoms with Gasteiger partial charge >= 0.3 is 5.97 Å². The van der Waals surface area contributed by atoms with Crippen molar-refractivity contribution in [2.75, 3.05) is 36.0 Å². The molecule has 3 heterocycles. The molecule has 1 saturated carbocycles. The molecule has 368 valence electrons. The molecule has 9 rings (SSSR count). The molecule has 1 spiro atoms. The summed E-state index contributed by atoms with van der Waals surface area (Å²) in [5, 5.41) is 7.10. The van der Waals surface area contributed by atoms with Crippen LogP contribution in [0.15, 0.2) is 109 Å². The number of nitrogens with two attached hydrogens (primary N) is 2. The summed E-state index contributed by atoms with van der Waals surface area (Å²) >= 11 is 0. The van der Waals surface area contributed by atoms with E-state index in [-0.39, 0.29) is 41.9 Å². The number of nitrogens with one attached hydrogen (secondary N) is 2. The molecule has 0 atom stereocenters. The lowest BCUT2D eigenvalue weighted by atomic mass is 9.77. The minimum Gasteiger partial charge on any atom is -0.456 e. The molecule has 3 aliphatic rings. The normalized spacial score (nSPS) is 16.3. The van der Waals surface area contributed by atoms with Gasteiger partial charge in [-0.2, -0.15) is 0 Å². The molecule has 1 aliphatic carbocycles. The van der Waals surface area contributed by atoms with E-state index in [1.54, 1.807) is 59.5 Å². The minimum atomic E-state index is -1.28. The first kappa shape index (κ1) is 48.6. The molecule has 0 unspecified atom stereocenters. The van der Waals surface area contributed by atoms with Crippen LogP contribution in [-0.2, 0) is 32.9 Å². The van der Waals surface area contributed by atoms with Crippen molar-refractivity contribution >= 4 is 57.4 Å². The summed E-state index contributed by atoms with van der Waals surface area (Å²) < 4.78 is 14.3. The van der Waals surface area contributed by atoms with Crippen LogP contribution < -0.4 is 31.7 Å². The van der Waals surface area contributed by atoms with Crippen molar-refractivity contribution in [1.82, 2.24) is 15.2 Å². The number of anilines is 3. The van der Waals surface area contributed by atoms with Gasteiger partial charge in [0, 0.05) is 94.3 Å². The van der Waals surface area contributed by atoms with Crippen LogP contribution in [0.25, 0.3) is 10.9 Å². The van der Waals surface area contributed by atoms with Crippen molar-refractivity contribution in [3.8, 4) is 11.5 Å². The third-order valence-electron chi connectivity index (χ3n) is 14.6. The van der Waals surface area contributed by atoms with E-state index >= 15 is 0 Å². The number of carbonyl (C=O) groups is 5. The van der Waals surface area contributed by atoms with Crippen LogP contribution in [0.5, 0.6) is 11.5 Å². The second kappa shape index (κ2) is 21.3. The molecule has 0 radical (unpaired) electrons. The number of likely N-dealkylation sites (N-methyl/N-ethyl adjacent to an activating group) is 1. The molecule has 71 heavy (non-hydrogen) atoms. The van der Waals surface area contributed by atoms with Crippen LogP contribution in [0, 0.1) is 11.8 Å². The number of carbonyl (C=O) groups excluding carboxylic acids is 5. The predicted octanol–water partition coefficient (Wildman–Crippen LogP) is 10.3. The molecule has 1 aromatic heterocycles. The van der Waals surface area contributed by atoms with Gasteiger partial charge in [-0.1, -0.05) is 69.0 Å². The van der Waals surface area contributed by atoms with Gasteiger partial charge in [-0.05, 0) is 124 Å². The van der Waals surface area contributed by atoms with E-state index in [0.717, 1.165) is 87.2 Å². The molecule has 3 amide bonds. The van der Waals surface area contributed by atoms with Gasteiger partial charge in [-0.25, -0.2) is 4.79 Å². The summed E-state index contributed by atoms with van der Waals surface area (Å²) in [6.45, 7) is 5.83. The number of amides is 3. The SMILES string of the molecule is CCc1cccc(N(CC)C(=O)Cn2c(C(=O)CC3CCC(C(=O)NCCCCCCCCNC(=O)c4ccc5c(c4)C(=O)OC54c5ccc(N)cc5Oc5cc(N)ccc54)CC3)cc3ccccc32)c1. The summed E-state index contributed by atoms with van der Waals surface area (Å²) in [7, 11) is 0. The number of nitrogens with zero attached hydrogens (tertiary/aromatic N) is 2. The Labute approximate surface area is 415 Å². The standard InChI is InChI=1S/C58H64N6O7/c1-3-37-14-13-16-44(30-37)63(4-2)54(66)36-64-49-17-10-9-15-40(49)33-50(64)51(65)31-38-18-20-39(21-19-38)55(67)61-28-11-7-5-6-8-12-29-62-56(68)41-22-25-46-45(32-41)57(69)71-58(46)47-26-23-42(59)34-52(47)70-53-35-43(60)24-27-48(53)58/h9-10,13-17,22-27,30,32-35,38-39H,3-8,11-12,18-21,28-29,31,36,59-60H2,1-2H3,(H,61,67)(H,62,68). The smallest absolute Gasteiger partial charge is 0.340 e. The van der Waals surface area contributed by atoms with Gasteiger partial charge in [-0.15, -0.1) is 0 Å². The number of rotatable bonds is 19. The van der Waals surface area contributed by atoms with Crippen molar-refractivity contribution in [3.05, 3.63) is 148 Å². The van der Waals surface area contributed by atoms with E-state index in [2.05, 4.69) is 29.7 Å². The highest BCUT2D eigenvalue weighted by Gasteiger charge is 2.53. The van der Waals surface area contributed by atoms with Crippen LogP contribution in [0.4, 0.5) is 17.1 Å². The predicted molar refractivity (Wildman–Crippen MR) is 277 cm³/mol. The fourth-order valence-electron chi connectivity index (χ4n) is 10.8. The highest BCUT2D eigenvalue weighted by atomic mass is 16.6. The van der Waals surface area contributed by atoms with Crippen molar-refractivity contribution in [2.45, 2.75) is 103 Å². The number of para-hydroxylation sites is 1. The van der Waals surface area contributed by atoms with E-state index < -0.39 is 11.6 Å². The maximum Gasteiger partial charge on any atom is 0.340 e. The number of Topliss-reactive ketones (excluding diaryl/α,β-unsaturated/α-hetero) is 1. The van der Waals surface area contributed by atoms with E-state index in [1.807, 2.05) is 54.0 Å². The lowest BCUT2D eigenvalue weighted by Gasteiger charge is -2.36. The zero-order valence-corrected chi connectivity index (χ0v) is 40.8. The summed E-state index contributed by atoms with van der Waals surface area (Å²) in [5.74, 6) is 0.364. The van der Waals surface area contributed by atoms with E-state index in [4.69, 9.17) is 20.9 Å². The Morgan fingerprint density at radius 2 is 1.38 bits per heavy atom. The minimum absolute atomic E-state index is 0.0370. The molecule has 13 nitrogen and oxygen atoms in total. The van der Waals surface area contributed by atoms with E-state index in [9.17, 15) is 24.0 Å². The van der Waals surface area contributed by atoms with Crippen LogP contribution in [0.2, 0.25) is 0 Å².